The fourth-order valence-electron chi connectivity index (χ4n) is 2.13. The van der Waals surface area contributed by atoms with E-state index in [9.17, 15) is 0 Å². The smallest absolute Gasteiger partial charge is 0.103 e. The van der Waals surface area contributed by atoms with Gasteiger partial charge in [0.1, 0.15) is 4.99 Å². The second kappa shape index (κ2) is 4.21. The van der Waals surface area contributed by atoms with E-state index in [1.807, 2.05) is 29.1 Å². The maximum atomic E-state index is 5.63. The van der Waals surface area contributed by atoms with Crippen LogP contribution in [0.3, 0.4) is 0 Å². The van der Waals surface area contributed by atoms with Crippen LogP contribution < -0.4 is 5.73 Å². The van der Waals surface area contributed by atoms with Gasteiger partial charge < -0.3 is 5.73 Å². The highest BCUT2D eigenvalue weighted by molar-refractivity contribution is 7.80. The number of nitrogens with zero attached hydrogens (tertiary/aromatic N) is 2. The van der Waals surface area contributed by atoms with Gasteiger partial charge in [-0.15, -0.1) is 0 Å². The molecule has 3 rings (SSSR count). The highest BCUT2D eigenvalue weighted by Gasteiger charge is 2.25. The number of thiocarbonyl (C=S) groups is 1. The lowest BCUT2D eigenvalue weighted by atomic mass is 10.1. The predicted octanol–water partition coefficient (Wildman–Crippen LogP) is 2.69. The van der Waals surface area contributed by atoms with E-state index in [2.05, 4.69) is 18.1 Å². The van der Waals surface area contributed by atoms with Crippen LogP contribution in [0, 0.1) is 6.92 Å². The lowest BCUT2D eigenvalue weighted by Crippen LogP contribution is -2.10. The van der Waals surface area contributed by atoms with Crippen molar-refractivity contribution in [1.82, 2.24) is 9.78 Å². The molecule has 0 spiro atoms. The Morgan fingerprint density at radius 3 is 2.78 bits per heavy atom. The van der Waals surface area contributed by atoms with E-state index in [0.29, 0.717) is 10.9 Å². The minimum atomic E-state index is 0.434. The summed E-state index contributed by atoms with van der Waals surface area (Å²) in [6.07, 6.45) is 4.57. The summed E-state index contributed by atoms with van der Waals surface area (Å²) < 4.78 is 1.94. The van der Waals surface area contributed by atoms with Crippen LogP contribution in [-0.4, -0.2) is 14.8 Å². The van der Waals surface area contributed by atoms with Gasteiger partial charge in [0.25, 0.3) is 0 Å². The summed E-state index contributed by atoms with van der Waals surface area (Å²) in [6, 6.07) is 8.09. The molecule has 2 N–H and O–H groups in total. The van der Waals surface area contributed by atoms with Crippen LogP contribution in [-0.2, 0) is 0 Å². The molecule has 0 bridgehead atoms. The lowest BCUT2D eigenvalue weighted by Gasteiger charge is -2.07. The number of aryl methyl sites for hydroxylation is 1. The zero-order valence-electron chi connectivity index (χ0n) is 10.3. The quantitative estimate of drug-likeness (QED) is 0.860. The SMILES string of the molecule is Cc1cc(C(N)=S)ccc1-n1ccc(C2CC2)n1. The van der Waals surface area contributed by atoms with Crippen LogP contribution in [0.1, 0.15) is 35.6 Å². The van der Waals surface area contributed by atoms with Crippen molar-refractivity contribution in [3.05, 3.63) is 47.3 Å². The van der Waals surface area contributed by atoms with Crippen molar-refractivity contribution >= 4 is 17.2 Å². The van der Waals surface area contributed by atoms with Gasteiger partial charge in [-0.1, -0.05) is 12.2 Å². The third-order valence-corrected chi connectivity index (χ3v) is 3.57. The highest BCUT2D eigenvalue weighted by Crippen LogP contribution is 2.39. The molecule has 0 aliphatic heterocycles. The molecule has 1 aliphatic rings. The average Bonchev–Trinajstić information content (AvgIpc) is 3.08. The topological polar surface area (TPSA) is 43.8 Å². The second-order valence-corrected chi connectivity index (χ2v) is 5.26. The van der Waals surface area contributed by atoms with Gasteiger partial charge in [-0.3, -0.25) is 0 Å². The van der Waals surface area contributed by atoms with Gasteiger partial charge in [0.05, 0.1) is 11.4 Å². The molecule has 0 saturated heterocycles. The third kappa shape index (κ3) is 2.04. The van der Waals surface area contributed by atoms with Gasteiger partial charge in [-0.25, -0.2) is 4.68 Å². The fourth-order valence-corrected chi connectivity index (χ4v) is 2.26. The third-order valence-electron chi connectivity index (χ3n) is 3.33. The summed E-state index contributed by atoms with van der Waals surface area (Å²) in [4.78, 5) is 0.434. The molecular weight excluding hydrogens is 242 g/mol. The van der Waals surface area contributed by atoms with E-state index < -0.39 is 0 Å². The Labute approximate surface area is 112 Å². The molecule has 4 heteroatoms. The number of benzene rings is 1. The average molecular weight is 257 g/mol. The van der Waals surface area contributed by atoms with E-state index in [1.54, 1.807) is 0 Å². The van der Waals surface area contributed by atoms with Crippen LogP contribution in [0.4, 0.5) is 0 Å². The van der Waals surface area contributed by atoms with E-state index in [4.69, 9.17) is 18.0 Å². The molecule has 18 heavy (non-hydrogen) atoms. The van der Waals surface area contributed by atoms with Gasteiger partial charge in [-0.05, 0) is 49.6 Å². The molecule has 92 valence electrons. The molecule has 1 heterocycles. The molecule has 0 atom stereocenters. The molecule has 1 fully saturated rings. The van der Waals surface area contributed by atoms with Crippen molar-refractivity contribution in [1.29, 1.82) is 0 Å². The maximum absolute atomic E-state index is 5.63. The number of nitrogens with two attached hydrogens (primary N) is 1. The Morgan fingerprint density at radius 1 is 1.39 bits per heavy atom. The zero-order chi connectivity index (χ0) is 12.7. The highest BCUT2D eigenvalue weighted by atomic mass is 32.1. The van der Waals surface area contributed by atoms with Crippen LogP contribution in [0.5, 0.6) is 0 Å². The summed E-state index contributed by atoms with van der Waals surface area (Å²) in [5, 5.41) is 4.63. The van der Waals surface area contributed by atoms with Crippen molar-refractivity contribution in [2.75, 3.05) is 0 Å². The minimum absolute atomic E-state index is 0.434. The molecule has 0 amide bonds. The molecule has 1 aliphatic carbocycles. The molecule has 2 aromatic rings. The Balaban J connectivity index is 1.97. The van der Waals surface area contributed by atoms with E-state index >= 15 is 0 Å². The largest absolute Gasteiger partial charge is 0.389 e. The Morgan fingerprint density at radius 2 is 2.17 bits per heavy atom. The second-order valence-electron chi connectivity index (χ2n) is 4.82. The van der Waals surface area contributed by atoms with E-state index in [1.165, 1.54) is 18.5 Å². The fraction of sp³-hybridized carbons (Fsp3) is 0.286. The van der Waals surface area contributed by atoms with Crippen molar-refractivity contribution in [3.63, 3.8) is 0 Å². The van der Waals surface area contributed by atoms with Gasteiger partial charge in [0.15, 0.2) is 0 Å². The number of rotatable bonds is 3. The molecule has 0 unspecified atom stereocenters. The van der Waals surface area contributed by atoms with Crippen LogP contribution >= 0.6 is 12.2 Å². The van der Waals surface area contributed by atoms with Gasteiger partial charge in [0.2, 0.25) is 0 Å². The van der Waals surface area contributed by atoms with Crippen molar-refractivity contribution in [3.8, 4) is 5.69 Å². The number of aromatic nitrogens is 2. The Kier molecular flexibility index (Phi) is 2.67. The standard InChI is InChI=1S/C14H15N3S/c1-9-8-11(14(15)18)4-5-13(9)17-7-6-12(16-17)10-2-3-10/h4-8,10H,2-3H2,1H3,(H2,15,18). The van der Waals surface area contributed by atoms with E-state index in [-0.39, 0.29) is 0 Å². The summed E-state index contributed by atoms with van der Waals surface area (Å²) in [5.41, 5.74) is 9.95. The normalized spacial score (nSPS) is 14.7. The first kappa shape index (κ1) is 11.4. The predicted molar refractivity (Wildman–Crippen MR) is 76.2 cm³/mol. The number of hydrogen-bond acceptors (Lipinski definition) is 2. The first-order valence-electron chi connectivity index (χ1n) is 6.11. The maximum Gasteiger partial charge on any atom is 0.103 e. The van der Waals surface area contributed by atoms with Gasteiger partial charge in [-0.2, -0.15) is 5.10 Å². The summed E-state index contributed by atoms with van der Waals surface area (Å²) in [5.74, 6) is 0.683. The van der Waals surface area contributed by atoms with Crippen LogP contribution in [0.25, 0.3) is 5.69 Å². The molecule has 0 radical (unpaired) electrons. The monoisotopic (exact) mass is 257 g/mol. The molecule has 1 aromatic carbocycles. The van der Waals surface area contributed by atoms with Crippen LogP contribution in [0.15, 0.2) is 30.5 Å². The van der Waals surface area contributed by atoms with Gasteiger partial charge >= 0.3 is 0 Å². The van der Waals surface area contributed by atoms with Crippen molar-refractivity contribution in [2.24, 2.45) is 5.73 Å². The summed E-state index contributed by atoms with van der Waals surface area (Å²) in [7, 11) is 0. The summed E-state index contributed by atoms with van der Waals surface area (Å²) >= 11 is 4.98. The first-order valence-corrected chi connectivity index (χ1v) is 6.52. The van der Waals surface area contributed by atoms with E-state index in [0.717, 1.165) is 16.8 Å². The minimum Gasteiger partial charge on any atom is -0.389 e. The Bertz CT molecular complexity index is 611. The lowest BCUT2D eigenvalue weighted by molar-refractivity contribution is 0.832. The first-order chi connectivity index (χ1) is 8.65. The van der Waals surface area contributed by atoms with Crippen LogP contribution in [0.2, 0.25) is 0 Å². The zero-order valence-corrected chi connectivity index (χ0v) is 11.1. The van der Waals surface area contributed by atoms with Crippen molar-refractivity contribution < 1.29 is 0 Å². The molecular formula is C14H15N3S. The molecule has 1 aromatic heterocycles. The Hall–Kier alpha value is -1.68. The van der Waals surface area contributed by atoms with Crippen molar-refractivity contribution in [2.45, 2.75) is 25.7 Å². The number of hydrogen-bond donors (Lipinski definition) is 1. The molecule has 1 saturated carbocycles. The summed E-state index contributed by atoms with van der Waals surface area (Å²) in [6.45, 7) is 2.05. The van der Waals surface area contributed by atoms with Gasteiger partial charge in [0, 0.05) is 17.7 Å². The molecule has 3 nitrogen and oxygen atoms in total.